The first-order valence-electron chi connectivity index (χ1n) is 11.5. The molecule has 8 nitrogen and oxygen atoms in total. The van der Waals surface area contributed by atoms with Crippen molar-refractivity contribution in [3.8, 4) is 0 Å². The molecule has 1 atom stereocenters. The highest BCUT2D eigenvalue weighted by Crippen LogP contribution is 2.40. The van der Waals surface area contributed by atoms with E-state index in [2.05, 4.69) is 29.7 Å². The maximum atomic E-state index is 12.9. The van der Waals surface area contributed by atoms with E-state index < -0.39 is 11.7 Å². The fraction of sp³-hybridized carbons (Fsp3) is 0.609. The first-order valence-corrected chi connectivity index (χ1v) is 11.5. The van der Waals surface area contributed by atoms with Crippen LogP contribution in [0, 0.1) is 0 Å². The summed E-state index contributed by atoms with van der Waals surface area (Å²) in [7, 11) is 0. The van der Waals surface area contributed by atoms with Crippen molar-refractivity contribution in [1.29, 1.82) is 0 Å². The van der Waals surface area contributed by atoms with E-state index in [0.717, 1.165) is 50.5 Å². The average Bonchev–Trinajstić information content (AvgIpc) is 3.50. The van der Waals surface area contributed by atoms with Crippen molar-refractivity contribution in [1.82, 2.24) is 29.7 Å². The minimum absolute atomic E-state index is 0.0826. The standard InChI is InChI=1S/C23H32N6O2/c30-21(26-17-19-5-1-2-8-24-19)20-18-29-14-9-25-22(29)23(31-20)6-12-28(13-7-23)16-15-27-10-3-4-11-27/h1-2,5,8-9,14,20H,3-4,6-7,10-13,15-18H2,(H,26,30)/t20-/m0/s1. The number of imidazole rings is 1. The van der Waals surface area contributed by atoms with Gasteiger partial charge in [-0.2, -0.15) is 0 Å². The van der Waals surface area contributed by atoms with Crippen molar-refractivity contribution in [2.45, 2.75) is 50.5 Å². The summed E-state index contributed by atoms with van der Waals surface area (Å²) in [5.74, 6) is 0.890. The van der Waals surface area contributed by atoms with Crippen LogP contribution in [0.2, 0.25) is 0 Å². The lowest BCUT2D eigenvalue weighted by molar-refractivity contribution is -0.173. The van der Waals surface area contributed by atoms with Crippen molar-refractivity contribution in [2.75, 3.05) is 39.3 Å². The summed E-state index contributed by atoms with van der Waals surface area (Å²) in [6, 6.07) is 5.71. The van der Waals surface area contributed by atoms with Crippen LogP contribution in [-0.4, -0.2) is 75.6 Å². The molecule has 0 radical (unpaired) electrons. The molecule has 31 heavy (non-hydrogen) atoms. The number of amides is 1. The molecule has 2 aromatic heterocycles. The second-order valence-electron chi connectivity index (χ2n) is 8.93. The summed E-state index contributed by atoms with van der Waals surface area (Å²) in [4.78, 5) is 26.9. The van der Waals surface area contributed by atoms with Gasteiger partial charge in [0.25, 0.3) is 5.91 Å². The van der Waals surface area contributed by atoms with E-state index in [-0.39, 0.29) is 5.91 Å². The number of likely N-dealkylation sites (tertiary alicyclic amines) is 2. The molecule has 8 heteroatoms. The van der Waals surface area contributed by atoms with Gasteiger partial charge in [-0.1, -0.05) is 6.07 Å². The first kappa shape index (κ1) is 20.6. The number of hydrogen-bond acceptors (Lipinski definition) is 6. The van der Waals surface area contributed by atoms with E-state index in [1.54, 1.807) is 6.20 Å². The largest absolute Gasteiger partial charge is 0.352 e. The minimum Gasteiger partial charge on any atom is -0.352 e. The molecular weight excluding hydrogens is 392 g/mol. The highest BCUT2D eigenvalue weighted by molar-refractivity contribution is 5.80. The van der Waals surface area contributed by atoms with Crippen LogP contribution in [0.1, 0.15) is 37.2 Å². The van der Waals surface area contributed by atoms with Crippen molar-refractivity contribution in [3.63, 3.8) is 0 Å². The van der Waals surface area contributed by atoms with Gasteiger partial charge < -0.3 is 24.4 Å². The van der Waals surface area contributed by atoms with Crippen LogP contribution < -0.4 is 5.32 Å². The molecule has 0 saturated carbocycles. The smallest absolute Gasteiger partial charge is 0.251 e. The van der Waals surface area contributed by atoms with Gasteiger partial charge in [0.15, 0.2) is 6.10 Å². The van der Waals surface area contributed by atoms with Gasteiger partial charge in [0, 0.05) is 44.8 Å². The molecule has 5 rings (SSSR count). The number of aromatic nitrogens is 3. The zero-order valence-electron chi connectivity index (χ0n) is 18.1. The van der Waals surface area contributed by atoms with Crippen LogP contribution in [0.4, 0.5) is 0 Å². The second kappa shape index (κ2) is 9.06. The van der Waals surface area contributed by atoms with Crippen molar-refractivity contribution in [2.24, 2.45) is 0 Å². The zero-order chi connectivity index (χ0) is 21.1. The lowest BCUT2D eigenvalue weighted by atomic mass is 9.88. The van der Waals surface area contributed by atoms with Gasteiger partial charge >= 0.3 is 0 Å². The number of carbonyl (C=O) groups is 1. The Labute approximate surface area is 183 Å². The van der Waals surface area contributed by atoms with Crippen LogP contribution in [0.5, 0.6) is 0 Å². The third kappa shape index (κ3) is 4.51. The molecule has 2 saturated heterocycles. The number of ether oxygens (including phenoxy) is 1. The molecule has 1 spiro atoms. The maximum Gasteiger partial charge on any atom is 0.251 e. The van der Waals surface area contributed by atoms with Gasteiger partial charge in [0.2, 0.25) is 0 Å². The van der Waals surface area contributed by atoms with Crippen molar-refractivity contribution in [3.05, 3.63) is 48.3 Å². The molecule has 1 amide bonds. The number of pyridine rings is 1. The van der Waals surface area contributed by atoms with E-state index in [0.29, 0.717) is 13.1 Å². The predicted octanol–water partition coefficient (Wildman–Crippen LogP) is 1.38. The number of piperidine rings is 1. The summed E-state index contributed by atoms with van der Waals surface area (Å²) < 4.78 is 8.63. The van der Waals surface area contributed by atoms with Crippen molar-refractivity contribution < 1.29 is 9.53 Å². The van der Waals surface area contributed by atoms with Crippen LogP contribution in [0.3, 0.4) is 0 Å². The fourth-order valence-corrected chi connectivity index (χ4v) is 5.10. The van der Waals surface area contributed by atoms with E-state index >= 15 is 0 Å². The molecule has 0 bridgehead atoms. The number of rotatable bonds is 6. The molecule has 0 unspecified atom stereocenters. The third-order valence-electron chi connectivity index (χ3n) is 6.91. The number of hydrogen-bond donors (Lipinski definition) is 1. The number of nitrogens with one attached hydrogen (secondary N) is 1. The minimum atomic E-state index is -0.512. The van der Waals surface area contributed by atoms with Crippen molar-refractivity contribution >= 4 is 5.91 Å². The highest BCUT2D eigenvalue weighted by Gasteiger charge is 2.47. The van der Waals surface area contributed by atoms with Gasteiger partial charge in [-0.15, -0.1) is 0 Å². The second-order valence-corrected chi connectivity index (χ2v) is 8.93. The molecule has 5 heterocycles. The molecule has 166 valence electrons. The van der Waals surface area contributed by atoms with E-state index in [9.17, 15) is 4.79 Å². The summed E-state index contributed by atoms with van der Waals surface area (Å²) >= 11 is 0. The summed E-state index contributed by atoms with van der Waals surface area (Å²) in [6.07, 6.45) is 9.44. The van der Waals surface area contributed by atoms with Crippen LogP contribution >= 0.6 is 0 Å². The monoisotopic (exact) mass is 424 g/mol. The van der Waals surface area contributed by atoms with Crippen LogP contribution in [0.15, 0.2) is 36.8 Å². The molecule has 2 aromatic rings. The normalized spacial score (nSPS) is 23.7. The highest BCUT2D eigenvalue weighted by atomic mass is 16.5. The molecule has 2 fully saturated rings. The van der Waals surface area contributed by atoms with Gasteiger partial charge in [-0.05, 0) is 50.9 Å². The molecule has 1 N–H and O–H groups in total. The topological polar surface area (TPSA) is 75.5 Å². The Morgan fingerprint density at radius 2 is 1.84 bits per heavy atom. The molecule has 0 aliphatic carbocycles. The fourth-order valence-electron chi connectivity index (χ4n) is 5.10. The predicted molar refractivity (Wildman–Crippen MR) is 116 cm³/mol. The quantitative estimate of drug-likeness (QED) is 0.755. The lowest BCUT2D eigenvalue weighted by Gasteiger charge is -2.45. The lowest BCUT2D eigenvalue weighted by Crippen LogP contribution is -2.54. The Morgan fingerprint density at radius 3 is 2.58 bits per heavy atom. The van der Waals surface area contributed by atoms with Crippen LogP contribution in [-0.2, 0) is 28.2 Å². The van der Waals surface area contributed by atoms with Gasteiger partial charge in [0.05, 0.1) is 18.8 Å². The van der Waals surface area contributed by atoms with Gasteiger partial charge in [-0.25, -0.2) is 4.98 Å². The van der Waals surface area contributed by atoms with E-state index in [4.69, 9.17) is 4.74 Å². The Hall–Kier alpha value is -2.29. The molecule has 0 aromatic carbocycles. The molecule has 3 aliphatic heterocycles. The Balaban J connectivity index is 1.21. The third-order valence-corrected chi connectivity index (χ3v) is 6.91. The first-order chi connectivity index (χ1) is 15.2. The molecular formula is C23H32N6O2. The van der Waals surface area contributed by atoms with E-state index in [1.165, 1.54) is 25.9 Å². The summed E-state index contributed by atoms with van der Waals surface area (Å²) in [5, 5.41) is 3.00. The number of fused-ring (bicyclic) bond motifs is 2. The van der Waals surface area contributed by atoms with Gasteiger partial charge in [-0.3, -0.25) is 9.78 Å². The Morgan fingerprint density at radius 1 is 1.06 bits per heavy atom. The zero-order valence-corrected chi connectivity index (χ0v) is 18.1. The molecule has 3 aliphatic rings. The summed E-state index contributed by atoms with van der Waals surface area (Å²) in [5.41, 5.74) is 0.370. The average molecular weight is 425 g/mol. The van der Waals surface area contributed by atoms with Crippen LogP contribution in [0.25, 0.3) is 0 Å². The Kier molecular flexibility index (Phi) is 6.02. The number of nitrogens with zero attached hydrogens (tertiary/aromatic N) is 5. The van der Waals surface area contributed by atoms with E-state index in [1.807, 2.05) is 30.6 Å². The number of carbonyl (C=O) groups excluding carboxylic acids is 1. The summed E-state index contributed by atoms with van der Waals surface area (Å²) in [6.45, 7) is 7.62. The maximum absolute atomic E-state index is 12.9. The Bertz CT molecular complexity index is 871. The SMILES string of the molecule is O=C(NCc1ccccn1)[C@@H]1Cn2ccnc2C2(CCN(CCN3CCCC3)CC2)O1. The van der Waals surface area contributed by atoms with Gasteiger partial charge in [0.1, 0.15) is 11.4 Å².